The van der Waals surface area contributed by atoms with E-state index in [-0.39, 0.29) is 0 Å². The number of aryl methyl sites for hydroxylation is 1. The van der Waals surface area contributed by atoms with Crippen LogP contribution in [-0.4, -0.2) is 5.25 Å². The maximum absolute atomic E-state index is 2.44. The third-order valence-corrected chi connectivity index (χ3v) is 7.81. The molecule has 0 spiro atoms. The predicted octanol–water partition coefficient (Wildman–Crippen LogP) is 8.51. The Morgan fingerprint density at radius 2 is 1.30 bits per heavy atom. The zero-order chi connectivity index (χ0) is 22.2. The van der Waals surface area contributed by atoms with Gasteiger partial charge >= 0.3 is 0 Å². The van der Waals surface area contributed by atoms with E-state index in [0.29, 0.717) is 11.2 Å². The Morgan fingerprint density at radius 1 is 0.667 bits per heavy atom. The normalized spacial score (nSPS) is 18.4. The van der Waals surface area contributed by atoms with Crippen molar-refractivity contribution in [3.63, 3.8) is 0 Å². The molecule has 1 nitrogen and oxygen atoms in total. The fraction of sp³-hybridized carbons (Fsp3) is 0.0968. The minimum atomic E-state index is 0.431. The zero-order valence-corrected chi connectivity index (χ0v) is 19.4. The molecule has 0 bridgehead atoms. The summed E-state index contributed by atoms with van der Waals surface area (Å²) < 4.78 is 0. The van der Waals surface area contributed by atoms with Crippen molar-refractivity contribution in [2.45, 2.75) is 23.0 Å². The summed E-state index contributed by atoms with van der Waals surface area (Å²) in [5.74, 6) is 0.455. The van der Waals surface area contributed by atoms with Crippen LogP contribution in [-0.2, 0) is 0 Å². The van der Waals surface area contributed by atoms with Gasteiger partial charge in [-0.3, -0.25) is 0 Å². The second kappa shape index (κ2) is 8.46. The molecule has 2 heteroatoms. The number of thioether (sulfide) groups is 1. The van der Waals surface area contributed by atoms with E-state index in [9.17, 15) is 0 Å². The molecule has 4 aromatic carbocycles. The van der Waals surface area contributed by atoms with Crippen LogP contribution in [0.5, 0.6) is 0 Å². The molecule has 0 aromatic heterocycles. The highest BCUT2D eigenvalue weighted by Gasteiger charge is 2.33. The molecule has 4 aromatic rings. The lowest BCUT2D eigenvalue weighted by atomic mass is 9.91. The standard InChI is InChI=1S/C31H25NS/c1-22-11-13-23(14-12-22)24-15-17-26(18-16-24)32(25-7-3-2-4-8-25)27-19-20-29-28-9-5-6-10-30(28)33-31(29)21-27/h2-21,29,31H,1H3. The summed E-state index contributed by atoms with van der Waals surface area (Å²) in [6, 6.07) is 37.1. The molecular weight excluding hydrogens is 418 g/mol. The Balaban J connectivity index is 1.37. The molecule has 1 heterocycles. The highest BCUT2D eigenvalue weighted by Crippen LogP contribution is 2.49. The van der Waals surface area contributed by atoms with Crippen molar-refractivity contribution in [2.24, 2.45) is 0 Å². The number of anilines is 2. The van der Waals surface area contributed by atoms with Crippen LogP contribution < -0.4 is 4.90 Å². The maximum atomic E-state index is 2.44. The average Bonchev–Trinajstić information content (AvgIpc) is 3.24. The van der Waals surface area contributed by atoms with Gasteiger partial charge in [0.25, 0.3) is 0 Å². The fourth-order valence-corrected chi connectivity index (χ4v) is 6.14. The third-order valence-electron chi connectivity index (χ3n) is 6.49. The first-order valence-electron chi connectivity index (χ1n) is 11.4. The first-order valence-corrected chi connectivity index (χ1v) is 12.3. The van der Waals surface area contributed by atoms with Gasteiger partial charge < -0.3 is 4.90 Å². The Bertz CT molecular complexity index is 1330. The number of hydrogen-bond acceptors (Lipinski definition) is 2. The SMILES string of the molecule is Cc1ccc(-c2ccc(N(C3=CC4Sc5ccccc5C4C=C3)c3ccccc3)cc2)cc1. The number of fused-ring (bicyclic) bond motifs is 3. The monoisotopic (exact) mass is 443 g/mol. The highest BCUT2D eigenvalue weighted by molar-refractivity contribution is 8.00. The Hall–Kier alpha value is -3.49. The Kier molecular flexibility index (Phi) is 5.16. The van der Waals surface area contributed by atoms with Crippen LogP contribution in [0.3, 0.4) is 0 Å². The lowest BCUT2D eigenvalue weighted by Crippen LogP contribution is -2.20. The van der Waals surface area contributed by atoms with E-state index in [1.807, 2.05) is 11.8 Å². The average molecular weight is 444 g/mol. The van der Waals surface area contributed by atoms with Crippen LogP contribution in [0.4, 0.5) is 11.4 Å². The summed E-state index contributed by atoms with van der Waals surface area (Å²) >= 11 is 1.98. The number of benzene rings is 4. The number of para-hydroxylation sites is 1. The minimum Gasteiger partial charge on any atom is -0.311 e. The number of hydrogen-bond donors (Lipinski definition) is 0. The van der Waals surface area contributed by atoms with E-state index in [1.54, 1.807) is 0 Å². The molecule has 0 saturated heterocycles. The lowest BCUT2D eigenvalue weighted by Gasteiger charge is -2.30. The van der Waals surface area contributed by atoms with Crippen LogP contribution in [0.2, 0.25) is 0 Å². The quantitative estimate of drug-likeness (QED) is 0.311. The minimum absolute atomic E-state index is 0.431. The van der Waals surface area contributed by atoms with Gasteiger partial charge in [-0.15, -0.1) is 11.8 Å². The molecule has 160 valence electrons. The van der Waals surface area contributed by atoms with Gasteiger partial charge in [-0.1, -0.05) is 84.4 Å². The zero-order valence-electron chi connectivity index (χ0n) is 18.6. The topological polar surface area (TPSA) is 3.24 Å². The molecule has 33 heavy (non-hydrogen) atoms. The molecule has 2 atom stereocenters. The molecule has 0 fully saturated rings. The van der Waals surface area contributed by atoms with Gasteiger partial charge in [0.05, 0.1) is 0 Å². The summed E-state index contributed by atoms with van der Waals surface area (Å²) in [4.78, 5) is 3.78. The van der Waals surface area contributed by atoms with E-state index in [0.717, 1.165) is 0 Å². The van der Waals surface area contributed by atoms with Crippen LogP contribution in [0.15, 0.2) is 132 Å². The molecule has 0 N–H and O–H groups in total. The summed E-state index contributed by atoms with van der Waals surface area (Å²) in [6.45, 7) is 2.13. The smallest absolute Gasteiger partial charge is 0.0461 e. The molecule has 0 radical (unpaired) electrons. The fourth-order valence-electron chi connectivity index (χ4n) is 4.76. The van der Waals surface area contributed by atoms with Crippen molar-refractivity contribution < 1.29 is 0 Å². The second-order valence-corrected chi connectivity index (χ2v) is 9.90. The van der Waals surface area contributed by atoms with E-state index in [4.69, 9.17) is 0 Å². The second-order valence-electron chi connectivity index (χ2n) is 8.68. The Morgan fingerprint density at radius 3 is 2.06 bits per heavy atom. The summed E-state index contributed by atoms with van der Waals surface area (Å²) in [6.07, 6.45) is 7.12. The molecule has 0 saturated carbocycles. The first-order chi connectivity index (χ1) is 16.3. The van der Waals surface area contributed by atoms with Crippen molar-refractivity contribution in [3.8, 4) is 11.1 Å². The van der Waals surface area contributed by atoms with Crippen molar-refractivity contribution >= 4 is 23.1 Å². The molecule has 6 rings (SSSR count). The van der Waals surface area contributed by atoms with Gasteiger partial charge in [-0.2, -0.15) is 0 Å². The lowest BCUT2D eigenvalue weighted by molar-refractivity contribution is 0.866. The molecule has 2 unspecified atom stereocenters. The van der Waals surface area contributed by atoms with Crippen LogP contribution in [0.25, 0.3) is 11.1 Å². The molecule has 1 aliphatic carbocycles. The number of nitrogens with zero attached hydrogens (tertiary/aromatic N) is 1. The van der Waals surface area contributed by atoms with Crippen LogP contribution >= 0.6 is 11.8 Å². The summed E-state index contributed by atoms with van der Waals surface area (Å²) in [5.41, 5.74) is 8.80. The van der Waals surface area contributed by atoms with Gasteiger partial charge in [0.15, 0.2) is 0 Å². The van der Waals surface area contributed by atoms with Crippen LogP contribution in [0.1, 0.15) is 17.0 Å². The molecule has 1 aliphatic heterocycles. The van der Waals surface area contributed by atoms with Crippen LogP contribution in [0, 0.1) is 6.92 Å². The third kappa shape index (κ3) is 3.81. The van der Waals surface area contributed by atoms with E-state index < -0.39 is 0 Å². The van der Waals surface area contributed by atoms with Crippen molar-refractivity contribution in [1.29, 1.82) is 0 Å². The Labute approximate surface area is 200 Å². The van der Waals surface area contributed by atoms with Gasteiger partial charge in [0.1, 0.15) is 0 Å². The summed E-state index contributed by atoms with van der Waals surface area (Å²) in [5, 5.41) is 0.431. The molecular formula is C31H25NS. The van der Waals surface area contributed by atoms with E-state index >= 15 is 0 Å². The van der Waals surface area contributed by atoms with E-state index in [2.05, 4.69) is 133 Å². The molecule has 2 aliphatic rings. The maximum Gasteiger partial charge on any atom is 0.0461 e. The number of allylic oxidation sites excluding steroid dienone is 2. The van der Waals surface area contributed by atoms with Gasteiger partial charge in [0.2, 0.25) is 0 Å². The summed E-state index contributed by atoms with van der Waals surface area (Å²) in [7, 11) is 0. The predicted molar refractivity (Wildman–Crippen MR) is 141 cm³/mol. The van der Waals surface area contributed by atoms with E-state index in [1.165, 1.54) is 44.2 Å². The number of rotatable bonds is 4. The van der Waals surface area contributed by atoms with Crippen molar-refractivity contribution in [2.75, 3.05) is 4.90 Å². The van der Waals surface area contributed by atoms with Gasteiger partial charge in [0, 0.05) is 33.1 Å². The van der Waals surface area contributed by atoms with Crippen molar-refractivity contribution in [1.82, 2.24) is 0 Å². The highest BCUT2D eigenvalue weighted by atomic mass is 32.2. The van der Waals surface area contributed by atoms with Crippen molar-refractivity contribution in [3.05, 3.63) is 138 Å². The molecule has 0 amide bonds. The largest absolute Gasteiger partial charge is 0.311 e. The first kappa shape index (κ1) is 20.1. The van der Waals surface area contributed by atoms with Gasteiger partial charge in [-0.25, -0.2) is 0 Å². The van der Waals surface area contributed by atoms with Gasteiger partial charge in [-0.05, 0) is 66.1 Å².